The Hall–Kier alpha value is -1.36. The molecular formula is C13H16BrNO3. The van der Waals surface area contributed by atoms with Crippen LogP contribution >= 0.6 is 15.9 Å². The van der Waals surface area contributed by atoms with Gasteiger partial charge < -0.3 is 10.4 Å². The lowest BCUT2D eigenvalue weighted by molar-refractivity contribution is -0.140. The van der Waals surface area contributed by atoms with E-state index in [0.29, 0.717) is 12.0 Å². The first-order chi connectivity index (χ1) is 8.45. The van der Waals surface area contributed by atoms with Gasteiger partial charge in [0.2, 0.25) is 0 Å². The molecule has 0 saturated carbocycles. The number of amides is 1. The molecule has 1 rings (SSSR count). The van der Waals surface area contributed by atoms with E-state index >= 15 is 0 Å². The molecule has 0 saturated heterocycles. The zero-order valence-corrected chi connectivity index (χ0v) is 11.9. The fraction of sp³-hybridized carbons (Fsp3) is 0.385. The molecule has 18 heavy (non-hydrogen) atoms. The Labute approximate surface area is 115 Å². The summed E-state index contributed by atoms with van der Waals surface area (Å²) in [6, 6.07) is 5.99. The maximum Gasteiger partial charge on any atom is 0.326 e. The van der Waals surface area contributed by atoms with Crippen molar-refractivity contribution in [2.24, 2.45) is 5.92 Å². The van der Waals surface area contributed by atoms with Crippen LogP contribution in [0.1, 0.15) is 30.6 Å². The smallest absolute Gasteiger partial charge is 0.326 e. The van der Waals surface area contributed by atoms with Gasteiger partial charge in [-0.1, -0.05) is 42.3 Å². The molecule has 1 aromatic carbocycles. The molecule has 5 heteroatoms. The maximum atomic E-state index is 11.9. The summed E-state index contributed by atoms with van der Waals surface area (Å²) in [5, 5.41) is 11.7. The lowest BCUT2D eigenvalue weighted by Crippen LogP contribution is -2.45. The van der Waals surface area contributed by atoms with Crippen LogP contribution in [0.5, 0.6) is 0 Å². The van der Waals surface area contributed by atoms with Crippen molar-refractivity contribution in [3.8, 4) is 0 Å². The zero-order valence-electron chi connectivity index (χ0n) is 10.3. The number of hydrogen-bond donors (Lipinski definition) is 2. The number of carbonyl (C=O) groups excluding carboxylic acids is 1. The number of aliphatic carboxylic acids is 1. The Bertz CT molecular complexity index is 448. The van der Waals surface area contributed by atoms with E-state index in [2.05, 4.69) is 21.2 Å². The average Bonchev–Trinajstić information content (AvgIpc) is 2.34. The third-order valence-corrected chi connectivity index (χ3v) is 3.35. The number of benzene rings is 1. The number of carboxylic acids is 1. The number of hydrogen-bond acceptors (Lipinski definition) is 2. The highest BCUT2D eigenvalue weighted by Gasteiger charge is 2.25. The van der Waals surface area contributed by atoms with E-state index < -0.39 is 12.0 Å². The molecule has 0 heterocycles. The lowest BCUT2D eigenvalue weighted by atomic mass is 9.99. The largest absolute Gasteiger partial charge is 0.480 e. The summed E-state index contributed by atoms with van der Waals surface area (Å²) < 4.78 is 0.783. The van der Waals surface area contributed by atoms with Crippen molar-refractivity contribution in [1.29, 1.82) is 0 Å². The van der Waals surface area contributed by atoms with Crippen LogP contribution in [0.25, 0.3) is 0 Å². The molecule has 1 aromatic rings. The van der Waals surface area contributed by atoms with Crippen molar-refractivity contribution >= 4 is 27.8 Å². The summed E-state index contributed by atoms with van der Waals surface area (Å²) in [4.78, 5) is 23.0. The van der Waals surface area contributed by atoms with E-state index in [-0.39, 0.29) is 11.8 Å². The predicted octanol–water partition coefficient (Wildman–Crippen LogP) is 2.68. The van der Waals surface area contributed by atoms with Crippen LogP contribution in [0.2, 0.25) is 0 Å². The molecule has 2 atom stereocenters. The van der Waals surface area contributed by atoms with Gasteiger partial charge in [-0.15, -0.1) is 0 Å². The van der Waals surface area contributed by atoms with Gasteiger partial charge in [-0.3, -0.25) is 4.79 Å². The topological polar surface area (TPSA) is 66.4 Å². The van der Waals surface area contributed by atoms with E-state index in [1.54, 1.807) is 31.2 Å². The van der Waals surface area contributed by atoms with Gasteiger partial charge in [0.25, 0.3) is 5.91 Å². The van der Waals surface area contributed by atoms with E-state index in [0.717, 1.165) is 4.47 Å². The Morgan fingerprint density at radius 1 is 1.44 bits per heavy atom. The number of rotatable bonds is 5. The molecule has 0 spiro atoms. The van der Waals surface area contributed by atoms with Crippen LogP contribution in [0.4, 0.5) is 0 Å². The zero-order chi connectivity index (χ0) is 13.7. The Morgan fingerprint density at radius 2 is 2.11 bits per heavy atom. The second-order valence-electron chi connectivity index (χ2n) is 4.19. The summed E-state index contributed by atoms with van der Waals surface area (Å²) in [7, 11) is 0. The summed E-state index contributed by atoms with van der Waals surface area (Å²) in [5.74, 6) is -1.49. The fourth-order valence-electron chi connectivity index (χ4n) is 1.54. The first kappa shape index (κ1) is 14.7. The number of nitrogens with one attached hydrogen (secondary N) is 1. The second kappa shape index (κ2) is 6.54. The summed E-state index contributed by atoms with van der Waals surface area (Å²) in [5.41, 5.74) is 0.443. The highest BCUT2D eigenvalue weighted by molar-refractivity contribution is 9.10. The van der Waals surface area contributed by atoms with Gasteiger partial charge in [-0.25, -0.2) is 4.79 Å². The Balaban J connectivity index is 2.82. The molecule has 0 radical (unpaired) electrons. The molecule has 0 aliphatic carbocycles. The minimum Gasteiger partial charge on any atom is -0.480 e. The van der Waals surface area contributed by atoms with Crippen molar-refractivity contribution in [3.05, 3.63) is 34.3 Å². The molecule has 0 aromatic heterocycles. The standard InChI is InChI=1S/C13H16BrNO3/c1-3-8(2)11(13(17)18)15-12(16)9-5-4-6-10(14)7-9/h4-8,11H,3H2,1-2H3,(H,15,16)(H,17,18)/t8-,11-/m1/s1. The molecule has 0 unspecified atom stereocenters. The average molecular weight is 314 g/mol. The molecule has 2 N–H and O–H groups in total. The van der Waals surface area contributed by atoms with Gasteiger partial charge in [-0.05, 0) is 24.1 Å². The number of halogens is 1. The molecule has 98 valence electrons. The molecule has 0 aliphatic heterocycles. The van der Waals surface area contributed by atoms with Gasteiger partial charge in [0.15, 0.2) is 0 Å². The molecule has 0 bridgehead atoms. The number of carboxylic acid groups (broad SMARTS) is 1. The van der Waals surface area contributed by atoms with Gasteiger partial charge in [0.1, 0.15) is 6.04 Å². The van der Waals surface area contributed by atoms with Crippen LogP contribution in [0.3, 0.4) is 0 Å². The molecule has 0 aliphatic rings. The Morgan fingerprint density at radius 3 is 2.61 bits per heavy atom. The maximum absolute atomic E-state index is 11.9. The SMILES string of the molecule is CC[C@@H](C)[C@@H](NC(=O)c1cccc(Br)c1)C(=O)O. The van der Waals surface area contributed by atoms with Crippen LogP contribution < -0.4 is 5.32 Å². The van der Waals surface area contributed by atoms with E-state index in [9.17, 15) is 9.59 Å². The summed E-state index contributed by atoms with van der Waals surface area (Å²) in [6.45, 7) is 3.70. The molecule has 1 amide bonds. The van der Waals surface area contributed by atoms with Crippen molar-refractivity contribution < 1.29 is 14.7 Å². The van der Waals surface area contributed by atoms with Crippen molar-refractivity contribution in [2.75, 3.05) is 0 Å². The van der Waals surface area contributed by atoms with Crippen LogP contribution in [-0.4, -0.2) is 23.0 Å². The third-order valence-electron chi connectivity index (χ3n) is 2.85. The fourth-order valence-corrected chi connectivity index (χ4v) is 1.94. The van der Waals surface area contributed by atoms with E-state index in [4.69, 9.17) is 5.11 Å². The molecule has 4 nitrogen and oxygen atoms in total. The van der Waals surface area contributed by atoms with Gasteiger partial charge in [0.05, 0.1) is 0 Å². The minimum atomic E-state index is -1.01. The van der Waals surface area contributed by atoms with E-state index in [1.165, 1.54) is 0 Å². The van der Waals surface area contributed by atoms with Crippen LogP contribution in [-0.2, 0) is 4.79 Å². The molecular weight excluding hydrogens is 298 g/mol. The first-order valence-electron chi connectivity index (χ1n) is 5.75. The third kappa shape index (κ3) is 3.84. The second-order valence-corrected chi connectivity index (χ2v) is 5.10. The highest BCUT2D eigenvalue weighted by atomic mass is 79.9. The van der Waals surface area contributed by atoms with Crippen LogP contribution in [0.15, 0.2) is 28.7 Å². The Kier molecular flexibility index (Phi) is 5.34. The summed E-state index contributed by atoms with van der Waals surface area (Å²) in [6.07, 6.45) is 0.690. The first-order valence-corrected chi connectivity index (χ1v) is 6.54. The molecule has 0 fully saturated rings. The van der Waals surface area contributed by atoms with Gasteiger partial charge >= 0.3 is 5.97 Å². The van der Waals surface area contributed by atoms with Gasteiger partial charge in [0, 0.05) is 10.0 Å². The normalized spacial score (nSPS) is 13.7. The van der Waals surface area contributed by atoms with Crippen molar-refractivity contribution in [2.45, 2.75) is 26.3 Å². The van der Waals surface area contributed by atoms with Gasteiger partial charge in [-0.2, -0.15) is 0 Å². The number of carbonyl (C=O) groups is 2. The minimum absolute atomic E-state index is 0.112. The summed E-state index contributed by atoms with van der Waals surface area (Å²) >= 11 is 3.27. The van der Waals surface area contributed by atoms with E-state index in [1.807, 2.05) is 6.92 Å². The van der Waals surface area contributed by atoms with Crippen LogP contribution in [0, 0.1) is 5.92 Å². The quantitative estimate of drug-likeness (QED) is 0.878. The predicted molar refractivity (Wildman–Crippen MR) is 72.5 cm³/mol. The van der Waals surface area contributed by atoms with Crippen molar-refractivity contribution in [3.63, 3.8) is 0 Å². The van der Waals surface area contributed by atoms with Crippen molar-refractivity contribution in [1.82, 2.24) is 5.32 Å². The monoisotopic (exact) mass is 313 g/mol. The lowest BCUT2D eigenvalue weighted by Gasteiger charge is -2.20. The highest BCUT2D eigenvalue weighted by Crippen LogP contribution is 2.13.